The standard InChI is InChI=1S/C11H18N2O/c14-8-4-2-1-3-5-9-10-6-7-11(9)13-12-10/h5,10-11,14H,1-4,6-8H2. The van der Waals surface area contributed by atoms with Gasteiger partial charge in [0.15, 0.2) is 0 Å². The van der Waals surface area contributed by atoms with E-state index in [1.807, 2.05) is 0 Å². The van der Waals surface area contributed by atoms with Crippen molar-refractivity contribution in [2.75, 3.05) is 6.61 Å². The predicted molar refractivity (Wildman–Crippen MR) is 55.3 cm³/mol. The topological polar surface area (TPSA) is 45.0 Å². The van der Waals surface area contributed by atoms with Crippen LogP contribution in [0.15, 0.2) is 21.9 Å². The Morgan fingerprint density at radius 2 is 1.86 bits per heavy atom. The molecule has 2 aliphatic rings. The van der Waals surface area contributed by atoms with Crippen molar-refractivity contribution in [3.05, 3.63) is 11.6 Å². The summed E-state index contributed by atoms with van der Waals surface area (Å²) in [4.78, 5) is 0. The third-order valence-electron chi connectivity index (χ3n) is 3.07. The van der Waals surface area contributed by atoms with E-state index in [0.717, 1.165) is 19.3 Å². The normalized spacial score (nSPS) is 28.8. The summed E-state index contributed by atoms with van der Waals surface area (Å²) in [7, 11) is 0. The fourth-order valence-corrected chi connectivity index (χ4v) is 2.25. The van der Waals surface area contributed by atoms with Gasteiger partial charge in [0.05, 0.1) is 12.1 Å². The summed E-state index contributed by atoms with van der Waals surface area (Å²) in [6.07, 6.45) is 9.12. The van der Waals surface area contributed by atoms with Crippen LogP contribution in [0, 0.1) is 0 Å². The maximum atomic E-state index is 8.63. The van der Waals surface area contributed by atoms with Crippen LogP contribution in [0.3, 0.4) is 0 Å². The molecule has 1 fully saturated rings. The molecule has 0 aromatic carbocycles. The van der Waals surface area contributed by atoms with Crippen LogP contribution in [0.25, 0.3) is 0 Å². The first-order valence-electron chi connectivity index (χ1n) is 5.62. The maximum absolute atomic E-state index is 8.63. The Bertz CT molecular complexity index is 232. The molecule has 0 aromatic rings. The lowest BCUT2D eigenvalue weighted by Crippen LogP contribution is -1.99. The highest BCUT2D eigenvalue weighted by Crippen LogP contribution is 2.36. The predicted octanol–water partition coefficient (Wildman–Crippen LogP) is 2.46. The van der Waals surface area contributed by atoms with Gasteiger partial charge in [0.25, 0.3) is 0 Å². The highest BCUT2D eigenvalue weighted by molar-refractivity contribution is 5.26. The van der Waals surface area contributed by atoms with E-state index in [-0.39, 0.29) is 0 Å². The second-order valence-electron chi connectivity index (χ2n) is 4.12. The van der Waals surface area contributed by atoms with Crippen molar-refractivity contribution in [3.8, 4) is 0 Å². The van der Waals surface area contributed by atoms with E-state index in [0.29, 0.717) is 18.7 Å². The Balaban J connectivity index is 1.72. The average molecular weight is 194 g/mol. The smallest absolute Gasteiger partial charge is 0.0940 e. The summed E-state index contributed by atoms with van der Waals surface area (Å²) in [6, 6.07) is 0.857. The molecule has 2 atom stereocenters. The number of unbranched alkanes of at least 4 members (excludes halogenated alkanes) is 3. The molecule has 1 aliphatic carbocycles. The van der Waals surface area contributed by atoms with Crippen molar-refractivity contribution in [2.24, 2.45) is 10.2 Å². The summed E-state index contributed by atoms with van der Waals surface area (Å²) in [6.45, 7) is 0.326. The zero-order chi connectivity index (χ0) is 9.80. The molecular formula is C11H18N2O. The fraction of sp³-hybridized carbons (Fsp3) is 0.818. The summed E-state index contributed by atoms with van der Waals surface area (Å²) in [5.41, 5.74) is 1.47. The third kappa shape index (κ3) is 2.03. The molecule has 0 amide bonds. The number of aliphatic hydroxyl groups is 1. The average Bonchev–Trinajstić information content (AvgIpc) is 2.77. The first-order valence-corrected chi connectivity index (χ1v) is 5.62. The number of allylic oxidation sites excluding steroid dienone is 1. The van der Waals surface area contributed by atoms with Gasteiger partial charge in [0.1, 0.15) is 0 Å². The maximum Gasteiger partial charge on any atom is 0.0940 e. The van der Waals surface area contributed by atoms with Gasteiger partial charge in [0, 0.05) is 6.61 Å². The van der Waals surface area contributed by atoms with Gasteiger partial charge in [-0.2, -0.15) is 10.2 Å². The Hall–Kier alpha value is -0.700. The van der Waals surface area contributed by atoms with Crippen LogP contribution in [0.1, 0.15) is 38.5 Å². The summed E-state index contributed by atoms with van der Waals surface area (Å²) in [5.74, 6) is 0. The van der Waals surface area contributed by atoms with Gasteiger partial charge in [-0.25, -0.2) is 0 Å². The van der Waals surface area contributed by atoms with Crippen molar-refractivity contribution >= 4 is 0 Å². The van der Waals surface area contributed by atoms with Crippen molar-refractivity contribution in [1.29, 1.82) is 0 Å². The number of nitrogens with zero attached hydrogens (tertiary/aromatic N) is 2. The monoisotopic (exact) mass is 194 g/mol. The highest BCUT2D eigenvalue weighted by Gasteiger charge is 2.34. The molecule has 2 bridgehead atoms. The minimum atomic E-state index is 0.326. The molecule has 2 rings (SSSR count). The van der Waals surface area contributed by atoms with E-state index >= 15 is 0 Å². The minimum Gasteiger partial charge on any atom is -0.396 e. The van der Waals surface area contributed by atoms with Gasteiger partial charge in [-0.3, -0.25) is 0 Å². The third-order valence-corrected chi connectivity index (χ3v) is 3.07. The molecule has 0 aromatic heterocycles. The van der Waals surface area contributed by atoms with Crippen molar-refractivity contribution < 1.29 is 5.11 Å². The number of aliphatic hydroxyl groups excluding tert-OH is 1. The van der Waals surface area contributed by atoms with E-state index in [4.69, 9.17) is 5.11 Å². The van der Waals surface area contributed by atoms with Gasteiger partial charge in [0.2, 0.25) is 0 Å². The van der Waals surface area contributed by atoms with Crippen LogP contribution in [-0.4, -0.2) is 23.8 Å². The second-order valence-corrected chi connectivity index (χ2v) is 4.12. The Morgan fingerprint density at radius 3 is 2.43 bits per heavy atom. The van der Waals surface area contributed by atoms with E-state index in [9.17, 15) is 0 Å². The van der Waals surface area contributed by atoms with Crippen molar-refractivity contribution in [1.82, 2.24) is 0 Å². The molecule has 78 valence electrons. The lowest BCUT2D eigenvalue weighted by atomic mass is 10.1. The van der Waals surface area contributed by atoms with Gasteiger partial charge < -0.3 is 5.11 Å². The molecule has 1 N–H and O–H groups in total. The summed E-state index contributed by atoms with van der Waals surface area (Å²) >= 11 is 0. The molecule has 3 heteroatoms. The van der Waals surface area contributed by atoms with E-state index in [1.54, 1.807) is 0 Å². The highest BCUT2D eigenvalue weighted by atomic mass is 16.2. The lowest BCUT2D eigenvalue weighted by Gasteiger charge is -2.00. The fourth-order valence-electron chi connectivity index (χ4n) is 2.25. The summed E-state index contributed by atoms with van der Waals surface area (Å²) < 4.78 is 0. The molecule has 0 spiro atoms. The first kappa shape index (κ1) is 9.84. The molecule has 1 saturated carbocycles. The molecule has 1 aliphatic heterocycles. The second kappa shape index (κ2) is 4.69. The van der Waals surface area contributed by atoms with Gasteiger partial charge in [-0.05, 0) is 37.7 Å². The van der Waals surface area contributed by atoms with E-state index in [2.05, 4.69) is 16.3 Å². The number of azo groups is 1. The number of fused-ring (bicyclic) bond motifs is 2. The molecule has 1 heterocycles. The summed E-state index contributed by atoms with van der Waals surface area (Å²) in [5, 5.41) is 17.1. The zero-order valence-corrected chi connectivity index (χ0v) is 8.52. The molecule has 3 nitrogen and oxygen atoms in total. The minimum absolute atomic E-state index is 0.326. The van der Waals surface area contributed by atoms with Crippen molar-refractivity contribution in [3.63, 3.8) is 0 Å². The van der Waals surface area contributed by atoms with Gasteiger partial charge >= 0.3 is 0 Å². The van der Waals surface area contributed by atoms with Crippen LogP contribution in [0.5, 0.6) is 0 Å². The first-order chi connectivity index (χ1) is 6.92. The SMILES string of the molecule is OCCCCCC=C1C2CCC1N=N2. The Kier molecular flexibility index (Phi) is 3.30. The van der Waals surface area contributed by atoms with Crippen LogP contribution in [-0.2, 0) is 0 Å². The molecule has 14 heavy (non-hydrogen) atoms. The van der Waals surface area contributed by atoms with Crippen molar-refractivity contribution in [2.45, 2.75) is 50.6 Å². The number of hydrogen-bond acceptors (Lipinski definition) is 3. The number of hydrogen-bond donors (Lipinski definition) is 1. The van der Waals surface area contributed by atoms with Crippen LogP contribution < -0.4 is 0 Å². The van der Waals surface area contributed by atoms with Crippen LogP contribution in [0.4, 0.5) is 0 Å². The van der Waals surface area contributed by atoms with Gasteiger partial charge in [-0.1, -0.05) is 12.5 Å². The van der Waals surface area contributed by atoms with E-state index in [1.165, 1.54) is 24.8 Å². The molecule has 0 saturated heterocycles. The quantitative estimate of drug-likeness (QED) is 0.530. The van der Waals surface area contributed by atoms with E-state index < -0.39 is 0 Å². The zero-order valence-electron chi connectivity index (χ0n) is 8.52. The van der Waals surface area contributed by atoms with Gasteiger partial charge in [-0.15, -0.1) is 0 Å². The Morgan fingerprint density at radius 1 is 1.14 bits per heavy atom. The number of rotatable bonds is 5. The molecule has 2 unspecified atom stereocenters. The molecule has 0 radical (unpaired) electrons. The van der Waals surface area contributed by atoms with Crippen LogP contribution >= 0.6 is 0 Å². The molecular weight excluding hydrogens is 176 g/mol. The lowest BCUT2D eigenvalue weighted by molar-refractivity contribution is 0.283. The van der Waals surface area contributed by atoms with Crippen LogP contribution in [0.2, 0.25) is 0 Å². The largest absolute Gasteiger partial charge is 0.396 e. The Labute approximate surface area is 84.9 Å².